The normalized spacial score (nSPS) is 13.8. The molecular weight excluding hydrogens is 258 g/mol. The van der Waals surface area contributed by atoms with E-state index in [1.807, 2.05) is 19.9 Å². The number of fused-ring (bicyclic) bond motifs is 1. The molecule has 0 unspecified atom stereocenters. The van der Waals surface area contributed by atoms with E-state index in [4.69, 9.17) is 5.11 Å². The molecule has 0 saturated heterocycles. The third-order valence-electron chi connectivity index (χ3n) is 3.68. The average Bonchev–Trinajstić information content (AvgIpc) is 2.64. The topological polar surface area (TPSA) is 74.7 Å². The van der Waals surface area contributed by atoms with Gasteiger partial charge in [0.05, 0.1) is 11.3 Å². The lowest BCUT2D eigenvalue weighted by molar-refractivity contribution is -0.137. The number of hydrogen-bond donors (Lipinski definition) is 1. The average molecular weight is 275 g/mol. The number of rotatable bonds is 5. The summed E-state index contributed by atoms with van der Waals surface area (Å²) in [5.41, 5.74) is 3.10. The lowest BCUT2D eigenvalue weighted by atomic mass is 10.0. The highest BCUT2D eigenvalue weighted by molar-refractivity contribution is 6.52. The van der Waals surface area contributed by atoms with Crippen molar-refractivity contribution in [1.29, 1.82) is 0 Å². The number of carboxylic acids is 1. The maximum absolute atomic E-state index is 12.0. The number of benzene rings is 1. The van der Waals surface area contributed by atoms with Crippen molar-refractivity contribution in [3.63, 3.8) is 0 Å². The monoisotopic (exact) mass is 275 g/mol. The maximum atomic E-state index is 12.0. The quantitative estimate of drug-likeness (QED) is 0.659. The molecule has 2 rings (SSSR count). The highest BCUT2D eigenvalue weighted by Gasteiger charge is 2.36. The van der Waals surface area contributed by atoms with Crippen LogP contribution in [-0.2, 0) is 9.59 Å². The molecule has 1 aliphatic heterocycles. The number of amides is 1. The predicted octanol–water partition coefficient (Wildman–Crippen LogP) is 2.09. The van der Waals surface area contributed by atoms with Gasteiger partial charge in [0.15, 0.2) is 0 Å². The Labute approximate surface area is 117 Å². The molecule has 5 heteroatoms. The Kier molecular flexibility index (Phi) is 3.88. The third kappa shape index (κ3) is 2.43. The van der Waals surface area contributed by atoms with Crippen LogP contribution in [0.2, 0.25) is 0 Å². The lowest BCUT2D eigenvalue weighted by Gasteiger charge is -2.19. The summed E-state index contributed by atoms with van der Waals surface area (Å²) in [7, 11) is 0. The van der Waals surface area contributed by atoms with Crippen LogP contribution in [0.15, 0.2) is 12.1 Å². The van der Waals surface area contributed by atoms with Gasteiger partial charge in [0.1, 0.15) is 0 Å². The molecule has 1 heterocycles. The number of Topliss-reactive ketones (excluding diaryl/α,β-unsaturated/α-hetero) is 1. The summed E-state index contributed by atoms with van der Waals surface area (Å²) in [6.07, 6.45) is 1.14. The summed E-state index contributed by atoms with van der Waals surface area (Å²) in [5, 5.41) is 8.60. The molecule has 0 fully saturated rings. The molecule has 0 saturated carbocycles. The van der Waals surface area contributed by atoms with Crippen molar-refractivity contribution in [2.75, 3.05) is 11.4 Å². The Morgan fingerprint density at radius 2 is 1.90 bits per heavy atom. The van der Waals surface area contributed by atoms with Crippen LogP contribution in [0.3, 0.4) is 0 Å². The van der Waals surface area contributed by atoms with Gasteiger partial charge in [0, 0.05) is 13.0 Å². The zero-order valence-corrected chi connectivity index (χ0v) is 11.6. The minimum atomic E-state index is -0.846. The number of carbonyl (C=O) groups excluding carboxylic acids is 2. The smallest absolute Gasteiger partial charge is 0.303 e. The SMILES string of the molecule is Cc1ccc2c(c1C)N(CCCCC(=O)O)C(=O)C2=O. The van der Waals surface area contributed by atoms with Crippen molar-refractivity contribution in [2.45, 2.75) is 33.1 Å². The van der Waals surface area contributed by atoms with Gasteiger partial charge in [-0.25, -0.2) is 0 Å². The maximum Gasteiger partial charge on any atom is 0.303 e. The van der Waals surface area contributed by atoms with Gasteiger partial charge < -0.3 is 10.0 Å². The van der Waals surface area contributed by atoms with E-state index in [1.54, 1.807) is 6.07 Å². The molecular formula is C15H17NO4. The summed E-state index contributed by atoms with van der Waals surface area (Å²) in [4.78, 5) is 35.9. The number of hydrogen-bond acceptors (Lipinski definition) is 3. The van der Waals surface area contributed by atoms with E-state index in [1.165, 1.54) is 4.90 Å². The van der Waals surface area contributed by atoms with E-state index in [0.717, 1.165) is 11.1 Å². The van der Waals surface area contributed by atoms with Crippen LogP contribution in [0.25, 0.3) is 0 Å². The minimum absolute atomic E-state index is 0.0790. The Morgan fingerprint density at radius 1 is 1.20 bits per heavy atom. The van der Waals surface area contributed by atoms with E-state index in [2.05, 4.69) is 0 Å². The molecule has 0 aliphatic carbocycles. The first kappa shape index (κ1) is 14.2. The fourth-order valence-corrected chi connectivity index (χ4v) is 2.43. The molecule has 0 spiro atoms. The van der Waals surface area contributed by atoms with Crippen molar-refractivity contribution >= 4 is 23.3 Å². The van der Waals surface area contributed by atoms with E-state index >= 15 is 0 Å². The number of aliphatic carboxylic acids is 1. The zero-order valence-electron chi connectivity index (χ0n) is 11.6. The molecule has 0 bridgehead atoms. The minimum Gasteiger partial charge on any atom is -0.481 e. The van der Waals surface area contributed by atoms with Crippen molar-refractivity contribution < 1.29 is 19.5 Å². The summed E-state index contributed by atoms with van der Waals surface area (Å²) >= 11 is 0. The molecule has 106 valence electrons. The fourth-order valence-electron chi connectivity index (χ4n) is 2.43. The standard InChI is InChI=1S/C15H17NO4/c1-9-6-7-11-13(10(9)2)16(15(20)14(11)19)8-4-3-5-12(17)18/h6-7H,3-5,8H2,1-2H3,(H,17,18). The van der Waals surface area contributed by atoms with Gasteiger partial charge in [-0.1, -0.05) is 6.07 Å². The van der Waals surface area contributed by atoms with E-state index in [9.17, 15) is 14.4 Å². The van der Waals surface area contributed by atoms with Gasteiger partial charge >= 0.3 is 5.97 Å². The number of ketones is 1. The van der Waals surface area contributed by atoms with E-state index < -0.39 is 17.7 Å². The van der Waals surface area contributed by atoms with Crippen LogP contribution in [0.4, 0.5) is 5.69 Å². The highest BCUT2D eigenvalue weighted by Crippen LogP contribution is 2.34. The van der Waals surface area contributed by atoms with Crippen LogP contribution in [0.1, 0.15) is 40.7 Å². The Balaban J connectivity index is 2.19. The van der Waals surface area contributed by atoms with Gasteiger partial charge in [0.25, 0.3) is 11.7 Å². The molecule has 1 aromatic carbocycles. The third-order valence-corrected chi connectivity index (χ3v) is 3.68. The molecule has 0 atom stereocenters. The van der Waals surface area contributed by atoms with Gasteiger partial charge in [-0.2, -0.15) is 0 Å². The summed E-state index contributed by atoms with van der Waals surface area (Å²) in [6.45, 7) is 4.21. The molecule has 20 heavy (non-hydrogen) atoms. The van der Waals surface area contributed by atoms with Crippen molar-refractivity contribution in [3.8, 4) is 0 Å². The zero-order chi connectivity index (χ0) is 14.9. The second-order valence-electron chi connectivity index (χ2n) is 5.04. The first-order valence-electron chi connectivity index (χ1n) is 6.61. The molecule has 1 aromatic rings. The van der Waals surface area contributed by atoms with E-state index in [-0.39, 0.29) is 6.42 Å². The van der Waals surface area contributed by atoms with Crippen molar-refractivity contribution in [3.05, 3.63) is 28.8 Å². The predicted molar refractivity (Wildman–Crippen MR) is 74.1 cm³/mol. The Morgan fingerprint density at radius 3 is 2.55 bits per heavy atom. The number of unbranched alkanes of at least 4 members (excludes halogenated alkanes) is 1. The number of anilines is 1. The van der Waals surface area contributed by atoms with Gasteiger partial charge in [-0.3, -0.25) is 14.4 Å². The summed E-state index contributed by atoms with van der Waals surface area (Å²) < 4.78 is 0. The van der Waals surface area contributed by atoms with Gasteiger partial charge in [0.2, 0.25) is 0 Å². The number of carbonyl (C=O) groups is 3. The number of nitrogens with zero attached hydrogens (tertiary/aromatic N) is 1. The molecule has 0 radical (unpaired) electrons. The van der Waals surface area contributed by atoms with Crippen molar-refractivity contribution in [2.24, 2.45) is 0 Å². The Hall–Kier alpha value is -2.17. The first-order chi connectivity index (χ1) is 9.43. The number of aryl methyl sites for hydroxylation is 1. The van der Waals surface area contributed by atoms with Gasteiger partial charge in [-0.05, 0) is 43.9 Å². The number of carboxylic acid groups (broad SMARTS) is 1. The largest absolute Gasteiger partial charge is 0.481 e. The van der Waals surface area contributed by atoms with Crippen LogP contribution in [0.5, 0.6) is 0 Å². The second-order valence-corrected chi connectivity index (χ2v) is 5.04. The van der Waals surface area contributed by atoms with Crippen LogP contribution in [0, 0.1) is 13.8 Å². The highest BCUT2D eigenvalue weighted by atomic mass is 16.4. The lowest BCUT2D eigenvalue weighted by Crippen LogP contribution is -2.31. The van der Waals surface area contributed by atoms with E-state index in [0.29, 0.717) is 30.6 Å². The first-order valence-corrected chi connectivity index (χ1v) is 6.61. The fraction of sp³-hybridized carbons (Fsp3) is 0.400. The summed E-state index contributed by atoms with van der Waals surface area (Å²) in [5.74, 6) is -1.83. The van der Waals surface area contributed by atoms with Crippen molar-refractivity contribution in [1.82, 2.24) is 0 Å². The van der Waals surface area contributed by atoms with Crippen LogP contribution < -0.4 is 4.90 Å². The molecule has 1 N–H and O–H groups in total. The summed E-state index contributed by atoms with van der Waals surface area (Å²) in [6, 6.07) is 3.53. The molecule has 0 aromatic heterocycles. The van der Waals surface area contributed by atoms with Crippen LogP contribution in [-0.4, -0.2) is 29.3 Å². The Bertz CT molecular complexity index is 592. The molecule has 1 amide bonds. The second kappa shape index (κ2) is 5.45. The van der Waals surface area contributed by atoms with Gasteiger partial charge in [-0.15, -0.1) is 0 Å². The molecule has 1 aliphatic rings. The molecule has 5 nitrogen and oxygen atoms in total. The van der Waals surface area contributed by atoms with Crippen LogP contribution >= 0.6 is 0 Å².